The van der Waals surface area contributed by atoms with Gasteiger partial charge in [-0.3, -0.25) is 0 Å². The molecule has 1 aromatic rings. The maximum Gasteiger partial charge on any atom is 0.410 e. The molecule has 0 unspecified atom stereocenters. The second-order valence-corrected chi connectivity index (χ2v) is 10.4. The molecule has 2 aliphatic heterocycles. The van der Waals surface area contributed by atoms with Crippen LogP contribution in [0.4, 0.5) is 4.79 Å². The highest BCUT2D eigenvalue weighted by Gasteiger charge is 2.48. The third-order valence-corrected chi connectivity index (χ3v) is 8.99. The maximum atomic E-state index is 12.6. The topological polar surface area (TPSA) is 66.9 Å². The average Bonchev–Trinajstić information content (AvgIpc) is 3.25. The molecule has 1 aliphatic carbocycles. The molecule has 2 saturated heterocycles. The lowest BCUT2D eigenvalue weighted by molar-refractivity contribution is 0.0259. The van der Waals surface area contributed by atoms with E-state index in [9.17, 15) is 13.2 Å². The summed E-state index contributed by atoms with van der Waals surface area (Å²) in [6.45, 7) is 1.59. The van der Waals surface area contributed by atoms with Gasteiger partial charge >= 0.3 is 6.09 Å². The fourth-order valence-corrected chi connectivity index (χ4v) is 6.93. The Labute approximate surface area is 152 Å². The zero-order valence-electron chi connectivity index (χ0n) is 14.2. The van der Waals surface area contributed by atoms with E-state index < -0.39 is 10.0 Å². The molecule has 3 heterocycles. The highest BCUT2D eigenvalue weighted by molar-refractivity contribution is 7.91. The first kappa shape index (κ1) is 17.3. The van der Waals surface area contributed by atoms with Gasteiger partial charge in [-0.2, -0.15) is 4.31 Å². The van der Waals surface area contributed by atoms with Crippen LogP contribution in [0.3, 0.4) is 0 Å². The Morgan fingerprint density at radius 3 is 2.52 bits per heavy atom. The predicted octanol–water partition coefficient (Wildman–Crippen LogP) is 3.06. The van der Waals surface area contributed by atoms with E-state index in [0.29, 0.717) is 36.7 Å². The van der Waals surface area contributed by atoms with Gasteiger partial charge in [0.05, 0.1) is 6.54 Å². The fraction of sp³-hybridized carbons (Fsp3) is 0.706. The number of hydrogen-bond donors (Lipinski definition) is 0. The quantitative estimate of drug-likeness (QED) is 0.803. The fourth-order valence-electron chi connectivity index (χ4n) is 4.32. The van der Waals surface area contributed by atoms with Crippen LogP contribution in [0, 0.1) is 0 Å². The van der Waals surface area contributed by atoms with Crippen LogP contribution in [0.25, 0.3) is 0 Å². The van der Waals surface area contributed by atoms with E-state index in [1.165, 1.54) is 17.8 Å². The molecule has 138 valence electrons. The van der Waals surface area contributed by atoms with Gasteiger partial charge in [-0.15, -0.1) is 11.3 Å². The van der Waals surface area contributed by atoms with E-state index in [-0.39, 0.29) is 17.7 Å². The summed E-state index contributed by atoms with van der Waals surface area (Å²) in [7, 11) is -3.39. The van der Waals surface area contributed by atoms with E-state index in [0.717, 1.165) is 25.7 Å². The summed E-state index contributed by atoms with van der Waals surface area (Å²) in [4.78, 5) is 14.2. The highest BCUT2D eigenvalue weighted by atomic mass is 32.2. The highest BCUT2D eigenvalue weighted by Crippen LogP contribution is 2.39. The van der Waals surface area contributed by atoms with Crippen LogP contribution >= 0.6 is 11.3 Å². The molecule has 3 fully saturated rings. The lowest BCUT2D eigenvalue weighted by Gasteiger charge is -2.36. The van der Waals surface area contributed by atoms with Crippen molar-refractivity contribution in [2.24, 2.45) is 0 Å². The van der Waals surface area contributed by atoms with Crippen molar-refractivity contribution < 1.29 is 17.9 Å². The first-order chi connectivity index (χ1) is 12.0. The first-order valence-electron chi connectivity index (χ1n) is 9.04. The van der Waals surface area contributed by atoms with Crippen LogP contribution in [0.2, 0.25) is 0 Å². The zero-order chi connectivity index (χ0) is 17.5. The molecule has 1 amide bonds. The van der Waals surface area contributed by atoms with Crippen molar-refractivity contribution in [3.63, 3.8) is 0 Å². The minimum Gasteiger partial charge on any atom is -0.441 e. The molecule has 0 radical (unpaired) electrons. The van der Waals surface area contributed by atoms with E-state index in [4.69, 9.17) is 4.74 Å². The van der Waals surface area contributed by atoms with E-state index in [1.807, 2.05) is 4.90 Å². The molecule has 25 heavy (non-hydrogen) atoms. The van der Waals surface area contributed by atoms with Gasteiger partial charge in [0.25, 0.3) is 10.0 Å². The molecule has 0 bridgehead atoms. The summed E-state index contributed by atoms with van der Waals surface area (Å²) < 4.78 is 32.9. The lowest BCUT2D eigenvalue weighted by Crippen LogP contribution is -2.48. The zero-order valence-corrected chi connectivity index (χ0v) is 15.9. The monoisotopic (exact) mass is 384 g/mol. The summed E-state index contributed by atoms with van der Waals surface area (Å²) in [5.74, 6) is 0. The Balaban J connectivity index is 1.40. The molecular formula is C17H24N2O4S2. The smallest absolute Gasteiger partial charge is 0.410 e. The molecular weight excluding hydrogens is 360 g/mol. The molecule has 6 nitrogen and oxygen atoms in total. The van der Waals surface area contributed by atoms with Gasteiger partial charge in [-0.05, 0) is 50.0 Å². The van der Waals surface area contributed by atoms with Gasteiger partial charge in [0.15, 0.2) is 0 Å². The van der Waals surface area contributed by atoms with Crippen molar-refractivity contribution in [1.29, 1.82) is 0 Å². The van der Waals surface area contributed by atoms with Crippen LogP contribution < -0.4 is 0 Å². The van der Waals surface area contributed by atoms with Crippen molar-refractivity contribution in [3.8, 4) is 0 Å². The molecule has 8 heteroatoms. The van der Waals surface area contributed by atoms with E-state index in [1.54, 1.807) is 21.8 Å². The SMILES string of the molecule is O=C1OC2(CCCCC2)CN1C1CCN(S(=O)(=O)c2cccs2)CC1. The van der Waals surface area contributed by atoms with Gasteiger partial charge in [0.1, 0.15) is 9.81 Å². The summed E-state index contributed by atoms with van der Waals surface area (Å²) in [6.07, 6.45) is 6.53. The second-order valence-electron chi connectivity index (χ2n) is 7.31. The molecule has 0 atom stereocenters. The number of ether oxygens (including phenoxy) is 1. The molecule has 0 aromatic carbocycles. The molecule has 0 N–H and O–H groups in total. The average molecular weight is 385 g/mol. The standard InChI is InChI=1S/C17H24N2O4S2/c20-16-19(13-17(23-16)8-2-1-3-9-17)14-6-10-18(11-7-14)25(21,22)15-5-4-12-24-15/h4-5,12,14H,1-3,6-11,13H2. The molecule has 1 aromatic heterocycles. The van der Waals surface area contributed by atoms with Gasteiger partial charge in [-0.1, -0.05) is 12.5 Å². The van der Waals surface area contributed by atoms with Crippen molar-refractivity contribution in [1.82, 2.24) is 9.21 Å². The van der Waals surface area contributed by atoms with Crippen LogP contribution in [-0.2, 0) is 14.8 Å². The van der Waals surface area contributed by atoms with Crippen LogP contribution in [0.5, 0.6) is 0 Å². The minimum absolute atomic E-state index is 0.0867. The summed E-state index contributed by atoms with van der Waals surface area (Å²) >= 11 is 1.25. The molecule has 1 saturated carbocycles. The Hall–Kier alpha value is -1.12. The normalized spacial score (nSPS) is 25.4. The van der Waals surface area contributed by atoms with Crippen molar-refractivity contribution in [2.75, 3.05) is 19.6 Å². The van der Waals surface area contributed by atoms with Gasteiger partial charge < -0.3 is 9.64 Å². The third kappa shape index (κ3) is 3.19. The summed E-state index contributed by atoms with van der Waals surface area (Å²) in [5.41, 5.74) is -0.282. The Bertz CT molecular complexity index is 718. The Kier molecular flexibility index (Phi) is 4.54. The first-order valence-corrected chi connectivity index (χ1v) is 11.4. The van der Waals surface area contributed by atoms with E-state index >= 15 is 0 Å². The number of hydrogen-bond acceptors (Lipinski definition) is 5. The number of rotatable bonds is 3. The van der Waals surface area contributed by atoms with Crippen LogP contribution in [0.1, 0.15) is 44.9 Å². The summed E-state index contributed by atoms with van der Waals surface area (Å²) in [5, 5.41) is 1.78. The van der Waals surface area contributed by atoms with Crippen molar-refractivity contribution in [3.05, 3.63) is 17.5 Å². The number of piperidine rings is 1. The third-order valence-electron chi connectivity index (χ3n) is 5.72. The summed E-state index contributed by atoms with van der Waals surface area (Å²) in [6, 6.07) is 3.49. The maximum absolute atomic E-state index is 12.6. The largest absolute Gasteiger partial charge is 0.441 e. The Morgan fingerprint density at radius 1 is 1.16 bits per heavy atom. The minimum atomic E-state index is -3.39. The molecule has 1 spiro atoms. The van der Waals surface area contributed by atoms with E-state index in [2.05, 4.69) is 0 Å². The predicted molar refractivity (Wildman–Crippen MR) is 95.1 cm³/mol. The van der Waals surface area contributed by atoms with Crippen molar-refractivity contribution in [2.45, 2.75) is 60.8 Å². The van der Waals surface area contributed by atoms with Gasteiger partial charge in [0, 0.05) is 19.1 Å². The number of nitrogens with zero attached hydrogens (tertiary/aromatic N) is 2. The number of carbonyl (C=O) groups is 1. The van der Waals surface area contributed by atoms with Crippen molar-refractivity contribution >= 4 is 27.5 Å². The number of sulfonamides is 1. The molecule has 4 rings (SSSR count). The Morgan fingerprint density at radius 2 is 1.88 bits per heavy atom. The lowest BCUT2D eigenvalue weighted by atomic mass is 9.84. The van der Waals surface area contributed by atoms with Gasteiger partial charge in [-0.25, -0.2) is 13.2 Å². The number of amides is 1. The number of thiophene rings is 1. The molecule has 3 aliphatic rings. The van der Waals surface area contributed by atoms with Crippen LogP contribution in [-0.4, -0.2) is 55.0 Å². The second kappa shape index (κ2) is 6.55. The number of carbonyl (C=O) groups excluding carboxylic acids is 1. The van der Waals surface area contributed by atoms with Gasteiger partial charge in [0.2, 0.25) is 0 Å². The van der Waals surface area contributed by atoms with Crippen LogP contribution in [0.15, 0.2) is 21.7 Å².